The SMILES string of the molecule is C/C=C/C1CCC(c2cc3ccc(CC)c(F)c3c(F)c2F)CC1. The highest BCUT2D eigenvalue weighted by Crippen LogP contribution is 2.40. The van der Waals surface area contributed by atoms with Gasteiger partial charge in [-0.05, 0) is 73.4 Å². The van der Waals surface area contributed by atoms with Gasteiger partial charge >= 0.3 is 0 Å². The van der Waals surface area contributed by atoms with Gasteiger partial charge in [-0.3, -0.25) is 0 Å². The highest BCUT2D eigenvalue weighted by atomic mass is 19.2. The van der Waals surface area contributed by atoms with Crippen LogP contribution in [0.1, 0.15) is 56.6 Å². The fraction of sp³-hybridized carbons (Fsp3) is 0.429. The van der Waals surface area contributed by atoms with E-state index in [0.717, 1.165) is 25.7 Å². The number of aryl methyl sites for hydroxylation is 1. The molecular formula is C21H23F3. The number of allylic oxidation sites excluding steroid dienone is 2. The quantitative estimate of drug-likeness (QED) is 0.551. The van der Waals surface area contributed by atoms with Crippen LogP contribution in [0, 0.1) is 23.4 Å². The van der Waals surface area contributed by atoms with E-state index in [9.17, 15) is 13.2 Å². The molecule has 1 aliphatic rings. The van der Waals surface area contributed by atoms with Gasteiger partial charge < -0.3 is 0 Å². The lowest BCUT2D eigenvalue weighted by Gasteiger charge is -2.27. The van der Waals surface area contributed by atoms with E-state index in [4.69, 9.17) is 0 Å². The summed E-state index contributed by atoms with van der Waals surface area (Å²) in [7, 11) is 0. The maximum Gasteiger partial charge on any atom is 0.169 e. The largest absolute Gasteiger partial charge is 0.206 e. The van der Waals surface area contributed by atoms with E-state index in [0.29, 0.717) is 28.9 Å². The minimum absolute atomic E-state index is 0.0133. The molecule has 0 nitrogen and oxygen atoms in total. The van der Waals surface area contributed by atoms with Crippen LogP contribution in [0.25, 0.3) is 10.8 Å². The van der Waals surface area contributed by atoms with Crippen LogP contribution in [0.5, 0.6) is 0 Å². The first-order valence-electron chi connectivity index (χ1n) is 8.78. The standard InChI is InChI=1S/C21H23F3/c1-3-5-13-6-8-15(9-7-13)17-12-16-11-10-14(4-2)19(22)18(16)21(24)20(17)23/h3,5,10-13,15H,4,6-9H2,1-2H3/b5-3+. The number of benzene rings is 2. The molecule has 24 heavy (non-hydrogen) atoms. The summed E-state index contributed by atoms with van der Waals surface area (Å²) < 4.78 is 43.6. The molecule has 0 amide bonds. The Morgan fingerprint density at radius 1 is 1.00 bits per heavy atom. The average Bonchev–Trinajstić information content (AvgIpc) is 2.59. The highest BCUT2D eigenvalue weighted by molar-refractivity contribution is 5.85. The number of hydrogen-bond acceptors (Lipinski definition) is 0. The van der Waals surface area contributed by atoms with Gasteiger partial charge in [0.15, 0.2) is 11.6 Å². The Balaban J connectivity index is 2.00. The Hall–Kier alpha value is -1.77. The molecule has 0 heterocycles. The zero-order valence-corrected chi connectivity index (χ0v) is 14.2. The summed E-state index contributed by atoms with van der Waals surface area (Å²) in [6, 6.07) is 5.02. The molecule has 1 saturated carbocycles. The Morgan fingerprint density at radius 3 is 2.33 bits per heavy atom. The zero-order chi connectivity index (χ0) is 17.3. The highest BCUT2D eigenvalue weighted by Gasteiger charge is 2.26. The van der Waals surface area contributed by atoms with Crippen molar-refractivity contribution in [1.29, 1.82) is 0 Å². The van der Waals surface area contributed by atoms with Crippen LogP contribution >= 0.6 is 0 Å². The lowest BCUT2D eigenvalue weighted by atomic mass is 9.78. The summed E-state index contributed by atoms with van der Waals surface area (Å²) in [6.45, 7) is 3.81. The fourth-order valence-electron chi connectivity index (χ4n) is 3.91. The van der Waals surface area contributed by atoms with Crippen LogP contribution in [0.4, 0.5) is 13.2 Å². The van der Waals surface area contributed by atoms with Crippen molar-refractivity contribution in [1.82, 2.24) is 0 Å². The van der Waals surface area contributed by atoms with E-state index in [2.05, 4.69) is 12.2 Å². The summed E-state index contributed by atoms with van der Waals surface area (Å²) >= 11 is 0. The van der Waals surface area contributed by atoms with Crippen LogP contribution in [0.15, 0.2) is 30.4 Å². The monoisotopic (exact) mass is 332 g/mol. The number of halogens is 3. The second-order valence-electron chi connectivity index (χ2n) is 6.72. The van der Waals surface area contributed by atoms with E-state index in [1.165, 1.54) is 0 Å². The summed E-state index contributed by atoms with van der Waals surface area (Å²) in [6.07, 6.45) is 8.34. The van der Waals surface area contributed by atoms with E-state index in [1.54, 1.807) is 25.1 Å². The van der Waals surface area contributed by atoms with Crippen molar-refractivity contribution in [3.8, 4) is 0 Å². The van der Waals surface area contributed by atoms with Crippen LogP contribution in [-0.2, 0) is 6.42 Å². The zero-order valence-electron chi connectivity index (χ0n) is 14.2. The normalized spacial score (nSPS) is 21.7. The van der Waals surface area contributed by atoms with Gasteiger partial charge in [-0.1, -0.05) is 31.2 Å². The van der Waals surface area contributed by atoms with Gasteiger partial charge in [0.05, 0.1) is 5.39 Å². The number of rotatable bonds is 3. The molecule has 0 unspecified atom stereocenters. The molecule has 0 radical (unpaired) electrons. The van der Waals surface area contributed by atoms with E-state index in [-0.39, 0.29) is 11.3 Å². The second-order valence-corrected chi connectivity index (χ2v) is 6.72. The van der Waals surface area contributed by atoms with Gasteiger partial charge in [-0.15, -0.1) is 0 Å². The maximum absolute atomic E-state index is 14.6. The minimum atomic E-state index is -1.04. The fourth-order valence-corrected chi connectivity index (χ4v) is 3.91. The number of hydrogen-bond donors (Lipinski definition) is 0. The lowest BCUT2D eigenvalue weighted by Crippen LogP contribution is -2.14. The van der Waals surface area contributed by atoms with Crippen molar-refractivity contribution in [3.05, 3.63) is 58.9 Å². The molecule has 0 atom stereocenters. The minimum Gasteiger partial charge on any atom is -0.206 e. The smallest absolute Gasteiger partial charge is 0.169 e. The van der Waals surface area contributed by atoms with Crippen molar-refractivity contribution in [2.24, 2.45) is 5.92 Å². The van der Waals surface area contributed by atoms with Gasteiger partial charge in [0, 0.05) is 0 Å². The van der Waals surface area contributed by atoms with Gasteiger partial charge in [-0.2, -0.15) is 0 Å². The average molecular weight is 332 g/mol. The van der Waals surface area contributed by atoms with Crippen LogP contribution in [0.2, 0.25) is 0 Å². The molecule has 0 bridgehead atoms. The molecule has 128 valence electrons. The van der Waals surface area contributed by atoms with Crippen molar-refractivity contribution in [3.63, 3.8) is 0 Å². The molecule has 0 saturated heterocycles. The lowest BCUT2D eigenvalue weighted by molar-refractivity contribution is 0.364. The Kier molecular flexibility index (Phi) is 4.98. The molecule has 0 aromatic heterocycles. The maximum atomic E-state index is 14.6. The summed E-state index contributed by atoms with van der Waals surface area (Å²) in [5.74, 6) is -1.99. The van der Waals surface area contributed by atoms with E-state index in [1.807, 2.05) is 6.92 Å². The van der Waals surface area contributed by atoms with E-state index >= 15 is 0 Å². The first-order valence-corrected chi connectivity index (χ1v) is 8.78. The van der Waals surface area contributed by atoms with Crippen molar-refractivity contribution >= 4 is 10.8 Å². The van der Waals surface area contributed by atoms with Gasteiger partial charge in [-0.25, -0.2) is 13.2 Å². The van der Waals surface area contributed by atoms with Crippen LogP contribution < -0.4 is 0 Å². The Bertz CT molecular complexity index is 768. The topological polar surface area (TPSA) is 0 Å². The third-order valence-electron chi connectivity index (χ3n) is 5.29. The Morgan fingerprint density at radius 2 is 1.71 bits per heavy atom. The summed E-state index contributed by atoms with van der Waals surface area (Å²) in [4.78, 5) is 0. The second kappa shape index (κ2) is 7.00. The van der Waals surface area contributed by atoms with Gasteiger partial charge in [0.1, 0.15) is 5.82 Å². The molecule has 1 fully saturated rings. The van der Waals surface area contributed by atoms with Crippen LogP contribution in [-0.4, -0.2) is 0 Å². The molecule has 2 aromatic rings. The molecule has 1 aliphatic carbocycles. The van der Waals surface area contributed by atoms with Gasteiger partial charge in [0.2, 0.25) is 0 Å². The molecule has 0 aliphatic heterocycles. The first-order chi connectivity index (χ1) is 11.6. The Labute approximate surface area is 141 Å². The van der Waals surface area contributed by atoms with E-state index < -0.39 is 17.5 Å². The van der Waals surface area contributed by atoms with Crippen molar-refractivity contribution in [2.75, 3.05) is 0 Å². The molecule has 0 N–H and O–H groups in total. The van der Waals surface area contributed by atoms with Crippen LogP contribution in [0.3, 0.4) is 0 Å². The first kappa shape index (κ1) is 17.1. The summed E-state index contributed by atoms with van der Waals surface area (Å²) in [5.41, 5.74) is 0.822. The van der Waals surface area contributed by atoms with Gasteiger partial charge in [0.25, 0.3) is 0 Å². The molecule has 3 heteroatoms. The third-order valence-corrected chi connectivity index (χ3v) is 5.29. The van der Waals surface area contributed by atoms with Crippen molar-refractivity contribution < 1.29 is 13.2 Å². The molecular weight excluding hydrogens is 309 g/mol. The van der Waals surface area contributed by atoms with Crippen molar-refractivity contribution in [2.45, 2.75) is 51.9 Å². The predicted molar refractivity (Wildman–Crippen MR) is 92.7 cm³/mol. The molecule has 2 aromatic carbocycles. The third kappa shape index (κ3) is 2.97. The molecule has 0 spiro atoms. The summed E-state index contributed by atoms with van der Waals surface area (Å²) in [5, 5.41) is 0.243. The molecule has 3 rings (SSSR count). The predicted octanol–water partition coefficient (Wildman–Crippen LogP) is 6.67. The number of fused-ring (bicyclic) bond motifs is 1.